The fourth-order valence-electron chi connectivity index (χ4n) is 1.03. The summed E-state index contributed by atoms with van der Waals surface area (Å²) in [5, 5.41) is 3.13. The number of halogens is 1. The highest BCUT2D eigenvalue weighted by atomic mass is 35.5. The van der Waals surface area contributed by atoms with Gasteiger partial charge in [-0.25, -0.2) is 0 Å². The zero-order valence-corrected chi connectivity index (χ0v) is 8.84. The lowest BCUT2D eigenvalue weighted by Gasteiger charge is -2.13. The second-order valence-corrected chi connectivity index (χ2v) is 3.51. The van der Waals surface area contributed by atoms with Crippen molar-refractivity contribution in [2.45, 2.75) is 20.0 Å². The van der Waals surface area contributed by atoms with Crippen LogP contribution in [0, 0.1) is 0 Å². The molecular weight excluding hydrogens is 202 g/mol. The van der Waals surface area contributed by atoms with Gasteiger partial charge in [-0.15, -0.1) is 0 Å². The molecule has 0 aliphatic rings. The van der Waals surface area contributed by atoms with Crippen molar-refractivity contribution in [2.24, 2.45) is 0 Å². The minimum absolute atomic E-state index is 0.0423. The van der Waals surface area contributed by atoms with Crippen LogP contribution in [0.15, 0.2) is 18.2 Å². The molecule has 4 heteroatoms. The van der Waals surface area contributed by atoms with E-state index in [0.29, 0.717) is 22.9 Å². The van der Waals surface area contributed by atoms with Crippen LogP contribution < -0.4 is 10.1 Å². The molecule has 0 fully saturated rings. The molecule has 0 aromatic heterocycles. The van der Waals surface area contributed by atoms with Crippen LogP contribution in [0.2, 0.25) is 5.02 Å². The molecule has 1 aromatic carbocycles. The van der Waals surface area contributed by atoms with Gasteiger partial charge in [0.15, 0.2) is 0 Å². The molecule has 1 N–H and O–H groups in total. The lowest BCUT2D eigenvalue weighted by atomic mass is 10.3. The number of hydrogen-bond donors (Lipinski definition) is 1. The summed E-state index contributed by atoms with van der Waals surface area (Å²) in [6, 6.07) is 5.07. The van der Waals surface area contributed by atoms with E-state index in [9.17, 15) is 4.79 Å². The number of rotatable bonds is 4. The van der Waals surface area contributed by atoms with Gasteiger partial charge in [0.2, 0.25) is 6.41 Å². The topological polar surface area (TPSA) is 38.3 Å². The molecule has 3 nitrogen and oxygen atoms in total. The van der Waals surface area contributed by atoms with Crippen molar-refractivity contribution in [1.82, 2.24) is 0 Å². The van der Waals surface area contributed by atoms with Gasteiger partial charge in [0, 0.05) is 11.1 Å². The van der Waals surface area contributed by atoms with Crippen molar-refractivity contribution < 1.29 is 9.53 Å². The molecule has 1 aromatic rings. The van der Waals surface area contributed by atoms with E-state index in [1.165, 1.54) is 0 Å². The van der Waals surface area contributed by atoms with E-state index in [-0.39, 0.29) is 6.10 Å². The molecule has 0 aliphatic heterocycles. The van der Waals surface area contributed by atoms with Gasteiger partial charge >= 0.3 is 0 Å². The summed E-state index contributed by atoms with van der Waals surface area (Å²) >= 11 is 5.80. The molecule has 0 aliphatic carbocycles. The van der Waals surface area contributed by atoms with Gasteiger partial charge in [-0.05, 0) is 26.0 Å². The van der Waals surface area contributed by atoms with E-state index in [1.54, 1.807) is 18.2 Å². The molecule has 0 radical (unpaired) electrons. The van der Waals surface area contributed by atoms with Crippen molar-refractivity contribution in [2.75, 3.05) is 5.32 Å². The molecule has 0 unspecified atom stereocenters. The summed E-state index contributed by atoms with van der Waals surface area (Å²) in [6.07, 6.45) is 0.650. The van der Waals surface area contributed by atoms with Gasteiger partial charge < -0.3 is 10.1 Å². The maximum Gasteiger partial charge on any atom is 0.211 e. The minimum atomic E-state index is 0.0423. The van der Waals surface area contributed by atoms with Crippen LogP contribution in [0.3, 0.4) is 0 Å². The maximum absolute atomic E-state index is 10.3. The number of carbonyl (C=O) groups is 1. The molecule has 14 heavy (non-hydrogen) atoms. The number of ether oxygens (including phenoxy) is 1. The second-order valence-electron chi connectivity index (χ2n) is 3.07. The Hall–Kier alpha value is -1.22. The van der Waals surface area contributed by atoms with Crippen LogP contribution in [0.1, 0.15) is 13.8 Å². The van der Waals surface area contributed by atoms with Crippen molar-refractivity contribution in [3.8, 4) is 5.75 Å². The number of carbonyl (C=O) groups excluding carboxylic acids is 1. The smallest absolute Gasteiger partial charge is 0.211 e. The fraction of sp³-hybridized carbons (Fsp3) is 0.300. The quantitative estimate of drug-likeness (QED) is 0.781. The third kappa shape index (κ3) is 2.92. The van der Waals surface area contributed by atoms with Crippen molar-refractivity contribution in [3.63, 3.8) is 0 Å². The Kier molecular flexibility index (Phi) is 3.77. The monoisotopic (exact) mass is 213 g/mol. The minimum Gasteiger partial charge on any atom is -0.489 e. The van der Waals surface area contributed by atoms with Gasteiger partial charge in [0.25, 0.3) is 0 Å². The third-order valence-electron chi connectivity index (χ3n) is 1.52. The van der Waals surface area contributed by atoms with Crippen LogP contribution in [0.5, 0.6) is 5.75 Å². The number of benzene rings is 1. The van der Waals surface area contributed by atoms with Gasteiger partial charge in [-0.2, -0.15) is 0 Å². The van der Waals surface area contributed by atoms with E-state index < -0.39 is 0 Å². The van der Waals surface area contributed by atoms with Gasteiger partial charge in [-0.3, -0.25) is 4.79 Å². The molecule has 0 saturated heterocycles. The normalized spacial score (nSPS) is 10.0. The average molecular weight is 214 g/mol. The molecule has 76 valence electrons. The molecule has 0 saturated carbocycles. The summed E-state index contributed by atoms with van der Waals surface area (Å²) < 4.78 is 5.47. The molecule has 0 atom stereocenters. The van der Waals surface area contributed by atoms with Gasteiger partial charge in [0.05, 0.1) is 11.8 Å². The van der Waals surface area contributed by atoms with Crippen LogP contribution in [0.25, 0.3) is 0 Å². The summed E-state index contributed by atoms with van der Waals surface area (Å²) in [6.45, 7) is 3.82. The molecule has 0 bridgehead atoms. The number of amides is 1. The lowest BCUT2D eigenvalue weighted by Crippen LogP contribution is -2.08. The Morgan fingerprint density at radius 2 is 2.21 bits per heavy atom. The van der Waals surface area contributed by atoms with Crippen molar-refractivity contribution in [3.05, 3.63) is 23.2 Å². The van der Waals surface area contributed by atoms with Gasteiger partial charge in [-0.1, -0.05) is 11.6 Å². The van der Waals surface area contributed by atoms with Crippen molar-refractivity contribution in [1.29, 1.82) is 0 Å². The Labute approximate surface area is 88.0 Å². The Morgan fingerprint density at radius 1 is 1.50 bits per heavy atom. The predicted molar refractivity (Wildman–Crippen MR) is 56.9 cm³/mol. The van der Waals surface area contributed by atoms with Crippen LogP contribution in [-0.2, 0) is 4.79 Å². The van der Waals surface area contributed by atoms with Gasteiger partial charge in [0.1, 0.15) is 5.75 Å². The zero-order valence-electron chi connectivity index (χ0n) is 8.08. The standard InChI is InChI=1S/C10H12ClNO2/c1-7(2)14-10-5-8(11)3-4-9(10)12-6-13/h3-7H,1-2H3,(H,12,13). The Morgan fingerprint density at radius 3 is 2.79 bits per heavy atom. The highest BCUT2D eigenvalue weighted by molar-refractivity contribution is 6.30. The van der Waals surface area contributed by atoms with E-state index in [2.05, 4.69) is 5.32 Å². The summed E-state index contributed by atoms with van der Waals surface area (Å²) in [5.41, 5.74) is 0.623. The summed E-state index contributed by atoms with van der Waals surface area (Å²) in [4.78, 5) is 10.3. The Balaban J connectivity index is 2.96. The molecule has 0 heterocycles. The SMILES string of the molecule is CC(C)Oc1cc(Cl)ccc1NC=O. The van der Waals surface area contributed by atoms with Crippen LogP contribution >= 0.6 is 11.6 Å². The Bertz CT molecular complexity index is 326. The van der Waals surface area contributed by atoms with E-state index in [0.717, 1.165) is 0 Å². The summed E-state index contributed by atoms with van der Waals surface area (Å²) in [5.74, 6) is 0.583. The van der Waals surface area contributed by atoms with E-state index >= 15 is 0 Å². The number of hydrogen-bond acceptors (Lipinski definition) is 2. The molecule has 0 spiro atoms. The van der Waals surface area contributed by atoms with Crippen LogP contribution in [0.4, 0.5) is 5.69 Å². The van der Waals surface area contributed by atoms with Crippen molar-refractivity contribution >= 4 is 23.7 Å². The molecule has 1 amide bonds. The van der Waals surface area contributed by atoms with Crippen LogP contribution in [-0.4, -0.2) is 12.5 Å². The zero-order chi connectivity index (χ0) is 10.6. The van der Waals surface area contributed by atoms with E-state index in [1.807, 2.05) is 13.8 Å². The number of anilines is 1. The van der Waals surface area contributed by atoms with E-state index in [4.69, 9.17) is 16.3 Å². The highest BCUT2D eigenvalue weighted by Crippen LogP contribution is 2.28. The first-order valence-electron chi connectivity index (χ1n) is 4.30. The largest absolute Gasteiger partial charge is 0.489 e. The first-order chi connectivity index (χ1) is 6.63. The third-order valence-corrected chi connectivity index (χ3v) is 1.76. The predicted octanol–water partition coefficient (Wildman–Crippen LogP) is 2.70. The average Bonchev–Trinajstić information content (AvgIpc) is 2.09. The maximum atomic E-state index is 10.3. The number of nitrogens with one attached hydrogen (secondary N) is 1. The lowest BCUT2D eigenvalue weighted by molar-refractivity contribution is -0.105. The fourth-order valence-corrected chi connectivity index (χ4v) is 1.19. The first-order valence-corrected chi connectivity index (χ1v) is 4.67. The highest BCUT2D eigenvalue weighted by Gasteiger charge is 2.05. The second kappa shape index (κ2) is 4.86. The molecule has 1 rings (SSSR count). The molecular formula is C10H12ClNO2. The first kappa shape index (κ1) is 10.9. The summed E-state index contributed by atoms with van der Waals surface area (Å²) in [7, 11) is 0.